The molecule has 0 radical (unpaired) electrons. The van der Waals surface area contributed by atoms with Gasteiger partial charge in [-0.2, -0.15) is 0 Å². The number of sulfone groups is 1. The first-order chi connectivity index (χ1) is 22.1. The molecular weight excluding hydrogens is 640 g/mol. The lowest BCUT2D eigenvalue weighted by molar-refractivity contribution is -0.156. The van der Waals surface area contributed by atoms with Gasteiger partial charge in [-0.25, -0.2) is 13.3 Å². The highest BCUT2D eigenvalue weighted by Gasteiger charge is 2.40. The fourth-order valence-corrected chi connectivity index (χ4v) is 5.91. The van der Waals surface area contributed by atoms with Crippen LogP contribution in [0.4, 0.5) is 0 Å². The number of nitrogens with zero attached hydrogens (tertiary/aromatic N) is 1. The van der Waals surface area contributed by atoms with Crippen LogP contribution in [-0.4, -0.2) is 71.6 Å². The number of hydrogen-bond donors (Lipinski definition) is 4. The summed E-state index contributed by atoms with van der Waals surface area (Å²) in [6, 6.07) is 8.55. The van der Waals surface area contributed by atoms with E-state index in [9.17, 15) is 37.5 Å². The van der Waals surface area contributed by atoms with Gasteiger partial charge in [0.05, 0.1) is 23.4 Å². The molecule has 48 heavy (non-hydrogen) atoms. The Morgan fingerprint density at radius 1 is 0.938 bits per heavy atom. The first-order valence-electron chi connectivity index (χ1n) is 15.4. The van der Waals surface area contributed by atoms with E-state index in [0.717, 1.165) is 13.0 Å². The summed E-state index contributed by atoms with van der Waals surface area (Å²) in [5.74, 6) is -6.38. The predicted molar refractivity (Wildman–Crippen MR) is 178 cm³/mol. The molecule has 0 aliphatic rings. The standard InChI is InChI=1S/C34H46N4O9S/c1-20(2)30(36)31(42)37-21(3)32(43)38(33(44)27(35)17-23-13-15-25(40)16-14-23)28(48(45,46)26-11-9-8-10-12-26)18-24(22(4)39)19-29(41)47-34(5,6)7/h8-16,18,20-21,24,27,30,40H,17,19,35-36H2,1-7H3,(H,37,42)/b28-18+/t21-,24?,27?,30?/m0/s1. The minimum atomic E-state index is -4.78. The summed E-state index contributed by atoms with van der Waals surface area (Å²) < 4.78 is 33.9. The molecule has 3 amide bonds. The average molecular weight is 687 g/mol. The van der Waals surface area contributed by atoms with Gasteiger partial charge in [0, 0.05) is 5.92 Å². The van der Waals surface area contributed by atoms with Crippen molar-refractivity contribution in [1.29, 1.82) is 0 Å². The number of ether oxygens (including phenoxy) is 1. The van der Waals surface area contributed by atoms with Crippen molar-refractivity contribution < 1.29 is 42.2 Å². The Hall–Kier alpha value is -4.40. The lowest BCUT2D eigenvalue weighted by Gasteiger charge is -2.30. The van der Waals surface area contributed by atoms with Gasteiger partial charge in [0.2, 0.25) is 15.7 Å². The molecule has 3 unspecified atom stereocenters. The van der Waals surface area contributed by atoms with Crippen molar-refractivity contribution in [2.75, 3.05) is 0 Å². The minimum absolute atomic E-state index is 0.0425. The van der Waals surface area contributed by atoms with Crippen molar-refractivity contribution in [3.8, 4) is 5.75 Å². The summed E-state index contributed by atoms with van der Waals surface area (Å²) in [5.41, 5.74) is 11.8. The summed E-state index contributed by atoms with van der Waals surface area (Å²) in [7, 11) is -4.78. The van der Waals surface area contributed by atoms with E-state index < -0.39 is 80.4 Å². The number of ketones is 1. The van der Waals surface area contributed by atoms with Crippen molar-refractivity contribution in [3.63, 3.8) is 0 Å². The molecule has 2 rings (SSSR count). The van der Waals surface area contributed by atoms with Crippen LogP contribution in [0.1, 0.15) is 60.5 Å². The van der Waals surface area contributed by atoms with Crippen molar-refractivity contribution >= 4 is 39.3 Å². The van der Waals surface area contributed by atoms with Gasteiger partial charge in [0.25, 0.3) is 11.8 Å². The van der Waals surface area contributed by atoms with Crippen molar-refractivity contribution in [2.45, 2.75) is 89.9 Å². The molecule has 0 bridgehead atoms. The number of allylic oxidation sites excluding steroid dienone is 1. The van der Waals surface area contributed by atoms with E-state index in [4.69, 9.17) is 16.2 Å². The molecule has 6 N–H and O–H groups in total. The van der Waals surface area contributed by atoms with E-state index in [1.54, 1.807) is 40.7 Å². The summed E-state index contributed by atoms with van der Waals surface area (Å²) in [5, 5.41) is 11.2. The van der Waals surface area contributed by atoms with Crippen molar-refractivity contribution in [2.24, 2.45) is 23.3 Å². The quantitative estimate of drug-likeness (QED) is 0.212. The molecule has 2 aromatic carbocycles. The number of phenols is 1. The summed E-state index contributed by atoms with van der Waals surface area (Å²) >= 11 is 0. The smallest absolute Gasteiger partial charge is 0.307 e. The van der Waals surface area contributed by atoms with E-state index in [1.165, 1.54) is 55.5 Å². The number of amides is 3. The Labute approximate surface area is 281 Å². The highest BCUT2D eigenvalue weighted by molar-refractivity contribution is 7.95. The third-order valence-electron chi connectivity index (χ3n) is 7.12. The molecule has 0 saturated carbocycles. The highest BCUT2D eigenvalue weighted by atomic mass is 32.2. The Balaban J connectivity index is 2.82. The highest BCUT2D eigenvalue weighted by Crippen LogP contribution is 2.28. The molecule has 0 aliphatic heterocycles. The molecule has 0 spiro atoms. The second kappa shape index (κ2) is 16.6. The van der Waals surface area contributed by atoms with Crippen molar-refractivity contribution in [1.82, 2.24) is 10.2 Å². The zero-order valence-corrected chi connectivity index (χ0v) is 29.1. The normalized spacial score (nSPS) is 14.8. The molecule has 0 heterocycles. The van der Waals surface area contributed by atoms with Gasteiger partial charge in [-0.3, -0.25) is 24.0 Å². The van der Waals surface area contributed by atoms with Gasteiger partial charge in [-0.1, -0.05) is 44.2 Å². The third kappa shape index (κ3) is 11.1. The number of nitrogens with one attached hydrogen (secondary N) is 1. The predicted octanol–water partition coefficient (Wildman–Crippen LogP) is 2.36. The maximum absolute atomic E-state index is 14.3. The van der Waals surface area contributed by atoms with E-state index >= 15 is 0 Å². The first kappa shape index (κ1) is 39.8. The van der Waals surface area contributed by atoms with Gasteiger partial charge in [-0.15, -0.1) is 0 Å². The van der Waals surface area contributed by atoms with Crippen LogP contribution in [0.2, 0.25) is 0 Å². The van der Waals surface area contributed by atoms with Crippen LogP contribution in [0.3, 0.4) is 0 Å². The van der Waals surface area contributed by atoms with Crippen molar-refractivity contribution in [3.05, 3.63) is 71.3 Å². The van der Waals surface area contributed by atoms with Gasteiger partial charge >= 0.3 is 5.97 Å². The van der Waals surface area contributed by atoms with Gasteiger partial charge in [-0.05, 0) is 82.9 Å². The Morgan fingerprint density at radius 2 is 1.50 bits per heavy atom. The Bertz CT molecular complexity index is 1620. The summed E-state index contributed by atoms with van der Waals surface area (Å²) in [6.07, 6.45) is 0.0757. The molecular formula is C34H46N4O9S. The van der Waals surface area contributed by atoms with E-state index in [1.807, 2.05) is 0 Å². The molecule has 0 fully saturated rings. The fourth-order valence-electron chi connectivity index (χ4n) is 4.39. The van der Waals surface area contributed by atoms with E-state index in [2.05, 4.69) is 5.32 Å². The lowest BCUT2D eigenvalue weighted by atomic mass is 10.0. The number of nitrogens with two attached hydrogens (primary N) is 2. The second-order valence-electron chi connectivity index (χ2n) is 12.8. The number of carbonyl (C=O) groups is 5. The maximum atomic E-state index is 14.3. The number of aromatic hydroxyl groups is 1. The van der Waals surface area contributed by atoms with Gasteiger partial charge < -0.3 is 26.6 Å². The SMILES string of the molecule is CC(=O)C(/C=C(\N(C(=O)C(N)Cc1ccc(O)cc1)C(=O)[C@H](C)NC(=O)C(N)C(C)C)S(=O)(=O)c1ccccc1)CC(=O)OC(C)(C)C. The number of hydrogen-bond acceptors (Lipinski definition) is 11. The molecule has 0 aromatic heterocycles. The number of esters is 1. The maximum Gasteiger partial charge on any atom is 0.307 e. The monoisotopic (exact) mass is 686 g/mol. The number of imide groups is 1. The lowest BCUT2D eigenvalue weighted by Crippen LogP contribution is -2.56. The third-order valence-corrected chi connectivity index (χ3v) is 8.88. The topological polar surface area (TPSA) is 216 Å². The summed E-state index contributed by atoms with van der Waals surface area (Å²) in [6.45, 7) is 10.6. The summed E-state index contributed by atoms with van der Waals surface area (Å²) in [4.78, 5) is 66.9. The average Bonchev–Trinajstić information content (AvgIpc) is 2.99. The first-order valence-corrected chi connectivity index (χ1v) is 16.9. The molecule has 13 nitrogen and oxygen atoms in total. The van der Waals surface area contributed by atoms with Crippen LogP contribution < -0.4 is 16.8 Å². The van der Waals surface area contributed by atoms with E-state index in [-0.39, 0.29) is 23.0 Å². The largest absolute Gasteiger partial charge is 0.508 e. The number of Topliss-reactive ketones (excluding diaryl/α,β-unsaturated/α-hetero) is 1. The number of rotatable bonds is 14. The molecule has 0 saturated heterocycles. The van der Waals surface area contributed by atoms with Crippen LogP contribution >= 0.6 is 0 Å². The van der Waals surface area contributed by atoms with Crippen LogP contribution in [-0.2, 0) is 45.0 Å². The zero-order valence-electron chi connectivity index (χ0n) is 28.3. The molecule has 262 valence electrons. The number of phenolic OH excluding ortho intramolecular Hbond substituents is 1. The van der Waals surface area contributed by atoms with Crippen LogP contribution in [0.15, 0.2) is 70.6 Å². The molecule has 14 heteroatoms. The van der Waals surface area contributed by atoms with Gasteiger partial charge in [0.1, 0.15) is 28.2 Å². The zero-order chi connectivity index (χ0) is 36.6. The molecule has 4 atom stereocenters. The van der Waals surface area contributed by atoms with E-state index in [0.29, 0.717) is 10.5 Å². The van der Waals surface area contributed by atoms with Crippen LogP contribution in [0.5, 0.6) is 5.75 Å². The van der Waals surface area contributed by atoms with Crippen LogP contribution in [0, 0.1) is 11.8 Å². The number of benzene rings is 2. The van der Waals surface area contributed by atoms with Crippen LogP contribution in [0.25, 0.3) is 0 Å². The molecule has 0 aliphatic carbocycles. The Morgan fingerprint density at radius 3 is 2.00 bits per heavy atom. The van der Waals surface area contributed by atoms with Gasteiger partial charge in [0.15, 0.2) is 0 Å². The number of carbonyl (C=O) groups excluding carboxylic acids is 5. The minimum Gasteiger partial charge on any atom is -0.508 e. The molecule has 2 aromatic rings. The fraction of sp³-hybridized carbons (Fsp3) is 0.441. The Kier molecular flexibility index (Phi) is 13.8. The second-order valence-corrected chi connectivity index (χ2v) is 14.7.